The summed E-state index contributed by atoms with van der Waals surface area (Å²) in [5, 5.41) is 8.22. The Bertz CT molecular complexity index is 405. The van der Waals surface area contributed by atoms with E-state index in [1.54, 1.807) is 0 Å². The molecule has 2 heterocycles. The van der Waals surface area contributed by atoms with Crippen LogP contribution in [-0.2, 0) is 11.3 Å². The molecule has 3 rings (SSSR count). The van der Waals surface area contributed by atoms with Crippen LogP contribution in [0, 0.1) is 5.92 Å². The third-order valence-electron chi connectivity index (χ3n) is 4.63. The fraction of sp³-hybridized carbons (Fsp3) is 0.765. The minimum Gasteiger partial charge on any atom is -0.381 e. The molecule has 1 saturated heterocycles. The van der Waals surface area contributed by atoms with Gasteiger partial charge in [0.2, 0.25) is 0 Å². The van der Waals surface area contributed by atoms with Crippen LogP contribution in [0.5, 0.6) is 0 Å². The van der Waals surface area contributed by atoms with E-state index < -0.39 is 0 Å². The van der Waals surface area contributed by atoms with Gasteiger partial charge in [0.1, 0.15) is 0 Å². The highest BCUT2D eigenvalue weighted by atomic mass is 32.1. The van der Waals surface area contributed by atoms with Crippen molar-refractivity contribution in [2.45, 2.75) is 51.2 Å². The van der Waals surface area contributed by atoms with Crippen molar-refractivity contribution in [2.75, 3.05) is 26.3 Å². The summed E-state index contributed by atoms with van der Waals surface area (Å²) < 4.78 is 5.76. The molecule has 2 unspecified atom stereocenters. The molecular weight excluding hydrogens is 280 g/mol. The first kappa shape index (κ1) is 15.5. The van der Waals surface area contributed by atoms with Gasteiger partial charge in [-0.2, -0.15) is 11.3 Å². The van der Waals surface area contributed by atoms with Crippen LogP contribution in [0.3, 0.4) is 0 Å². The number of ether oxygens (including phenoxy) is 1. The monoisotopic (exact) mass is 308 g/mol. The van der Waals surface area contributed by atoms with Crippen molar-refractivity contribution in [2.24, 2.45) is 5.92 Å². The Hall–Kier alpha value is -0.420. The smallest absolute Gasteiger partial charge is 0.0521 e. The Kier molecular flexibility index (Phi) is 5.69. The molecule has 0 radical (unpaired) electrons. The number of hydrogen-bond acceptors (Lipinski definition) is 4. The lowest BCUT2D eigenvalue weighted by Gasteiger charge is -2.36. The van der Waals surface area contributed by atoms with E-state index in [-0.39, 0.29) is 0 Å². The van der Waals surface area contributed by atoms with Gasteiger partial charge in [0.15, 0.2) is 0 Å². The van der Waals surface area contributed by atoms with Gasteiger partial charge in [-0.25, -0.2) is 0 Å². The van der Waals surface area contributed by atoms with Gasteiger partial charge < -0.3 is 10.1 Å². The molecular formula is C17H28N2OS. The second-order valence-electron chi connectivity index (χ2n) is 6.48. The van der Waals surface area contributed by atoms with Gasteiger partial charge in [-0.05, 0) is 54.6 Å². The van der Waals surface area contributed by atoms with Crippen LogP contribution < -0.4 is 5.32 Å². The summed E-state index contributed by atoms with van der Waals surface area (Å²) in [6.07, 6.45) is 5.14. The van der Waals surface area contributed by atoms with Crippen LogP contribution in [0.15, 0.2) is 16.8 Å². The first-order chi connectivity index (χ1) is 10.4. The van der Waals surface area contributed by atoms with Gasteiger partial charge in [-0.3, -0.25) is 4.90 Å². The number of thiophene rings is 1. The van der Waals surface area contributed by atoms with E-state index in [1.165, 1.54) is 37.8 Å². The molecule has 0 amide bonds. The summed E-state index contributed by atoms with van der Waals surface area (Å²) in [7, 11) is 0. The van der Waals surface area contributed by atoms with E-state index in [0.717, 1.165) is 32.3 Å². The van der Waals surface area contributed by atoms with Crippen LogP contribution >= 0.6 is 11.3 Å². The fourth-order valence-electron chi connectivity index (χ4n) is 3.28. The maximum absolute atomic E-state index is 5.76. The predicted octanol–water partition coefficient (Wildman–Crippen LogP) is 3.12. The fourth-order valence-corrected chi connectivity index (χ4v) is 3.94. The van der Waals surface area contributed by atoms with Crippen molar-refractivity contribution in [1.82, 2.24) is 10.2 Å². The first-order valence-corrected chi connectivity index (χ1v) is 9.37. The van der Waals surface area contributed by atoms with E-state index >= 15 is 0 Å². The predicted molar refractivity (Wildman–Crippen MR) is 88.8 cm³/mol. The van der Waals surface area contributed by atoms with Crippen molar-refractivity contribution < 1.29 is 4.74 Å². The van der Waals surface area contributed by atoms with Crippen molar-refractivity contribution in [3.8, 4) is 0 Å². The molecule has 3 nitrogen and oxygen atoms in total. The molecule has 21 heavy (non-hydrogen) atoms. The van der Waals surface area contributed by atoms with Gasteiger partial charge in [0.05, 0.1) is 6.61 Å². The van der Waals surface area contributed by atoms with Crippen molar-refractivity contribution >= 4 is 11.3 Å². The average molecular weight is 308 g/mol. The van der Waals surface area contributed by atoms with E-state index in [4.69, 9.17) is 4.74 Å². The molecule has 2 aliphatic rings. The van der Waals surface area contributed by atoms with Crippen LogP contribution in [0.4, 0.5) is 0 Å². The molecule has 2 fully saturated rings. The van der Waals surface area contributed by atoms with E-state index in [0.29, 0.717) is 12.0 Å². The maximum atomic E-state index is 5.76. The third-order valence-corrected chi connectivity index (χ3v) is 5.36. The quantitative estimate of drug-likeness (QED) is 0.798. The second-order valence-corrected chi connectivity index (χ2v) is 7.26. The zero-order valence-corrected chi connectivity index (χ0v) is 13.9. The molecule has 1 aliphatic carbocycles. The highest BCUT2D eigenvalue weighted by Gasteiger charge is 2.34. The molecule has 0 spiro atoms. The van der Waals surface area contributed by atoms with E-state index in [1.807, 2.05) is 11.3 Å². The molecule has 0 bridgehead atoms. The van der Waals surface area contributed by atoms with Gasteiger partial charge in [0.25, 0.3) is 0 Å². The number of nitrogens with zero attached hydrogens (tertiary/aromatic N) is 1. The SMILES string of the molecule is CCCNC1CCOCC1CN(Cc1ccsc1)C1CC1. The van der Waals surface area contributed by atoms with E-state index in [9.17, 15) is 0 Å². The summed E-state index contributed by atoms with van der Waals surface area (Å²) in [6, 6.07) is 3.73. The zero-order valence-electron chi connectivity index (χ0n) is 13.1. The highest BCUT2D eigenvalue weighted by molar-refractivity contribution is 7.07. The molecule has 1 N–H and O–H groups in total. The number of hydrogen-bond donors (Lipinski definition) is 1. The Morgan fingerprint density at radius 1 is 1.38 bits per heavy atom. The summed E-state index contributed by atoms with van der Waals surface area (Å²) >= 11 is 1.81. The zero-order chi connectivity index (χ0) is 14.5. The molecule has 0 aromatic carbocycles. The Labute approximate surface area is 132 Å². The molecule has 1 aromatic heterocycles. The molecule has 2 atom stereocenters. The largest absolute Gasteiger partial charge is 0.381 e. The molecule has 118 valence electrons. The molecule has 1 aliphatic heterocycles. The van der Waals surface area contributed by atoms with Gasteiger partial charge in [0, 0.05) is 37.7 Å². The summed E-state index contributed by atoms with van der Waals surface area (Å²) in [6.45, 7) is 7.52. The van der Waals surface area contributed by atoms with Gasteiger partial charge in [-0.15, -0.1) is 0 Å². The number of nitrogens with one attached hydrogen (secondary N) is 1. The first-order valence-electron chi connectivity index (χ1n) is 8.43. The third kappa shape index (κ3) is 4.52. The number of rotatable bonds is 8. The molecule has 1 aromatic rings. The second kappa shape index (κ2) is 7.73. The van der Waals surface area contributed by atoms with Crippen molar-refractivity contribution in [3.05, 3.63) is 22.4 Å². The Morgan fingerprint density at radius 2 is 2.29 bits per heavy atom. The van der Waals surface area contributed by atoms with Crippen LogP contribution in [-0.4, -0.2) is 43.3 Å². The van der Waals surface area contributed by atoms with Crippen LogP contribution in [0.2, 0.25) is 0 Å². The summed E-state index contributed by atoms with van der Waals surface area (Å²) in [4.78, 5) is 2.70. The minimum atomic E-state index is 0.641. The molecule has 4 heteroatoms. The van der Waals surface area contributed by atoms with Crippen molar-refractivity contribution in [1.29, 1.82) is 0 Å². The molecule has 1 saturated carbocycles. The normalized spacial score (nSPS) is 26.4. The van der Waals surface area contributed by atoms with Crippen LogP contribution in [0.25, 0.3) is 0 Å². The lowest BCUT2D eigenvalue weighted by molar-refractivity contribution is 0.0141. The maximum Gasteiger partial charge on any atom is 0.0521 e. The van der Waals surface area contributed by atoms with E-state index in [2.05, 4.69) is 34.0 Å². The minimum absolute atomic E-state index is 0.641. The van der Waals surface area contributed by atoms with Crippen molar-refractivity contribution in [3.63, 3.8) is 0 Å². The summed E-state index contributed by atoms with van der Waals surface area (Å²) in [5.41, 5.74) is 1.47. The Morgan fingerprint density at radius 3 is 3.00 bits per heavy atom. The Balaban J connectivity index is 1.57. The lowest BCUT2D eigenvalue weighted by Crippen LogP contribution is -2.48. The van der Waals surface area contributed by atoms with Crippen LogP contribution in [0.1, 0.15) is 38.2 Å². The topological polar surface area (TPSA) is 24.5 Å². The lowest BCUT2D eigenvalue weighted by atomic mass is 9.94. The summed E-state index contributed by atoms with van der Waals surface area (Å²) in [5.74, 6) is 0.643. The van der Waals surface area contributed by atoms with Gasteiger partial charge in [-0.1, -0.05) is 6.92 Å². The van der Waals surface area contributed by atoms with Gasteiger partial charge >= 0.3 is 0 Å². The highest BCUT2D eigenvalue weighted by Crippen LogP contribution is 2.30. The standard InChI is InChI=1S/C17H28N2OS/c1-2-7-18-17-5-8-20-12-15(17)11-19(16-3-4-16)10-14-6-9-21-13-14/h6,9,13,15-18H,2-5,7-8,10-12H2,1H3. The average Bonchev–Trinajstić information content (AvgIpc) is 3.23.